The van der Waals surface area contributed by atoms with E-state index >= 15 is 0 Å². The van der Waals surface area contributed by atoms with Crippen molar-refractivity contribution in [2.75, 3.05) is 7.11 Å². The lowest BCUT2D eigenvalue weighted by Gasteiger charge is -2.16. The molecule has 1 N–H and O–H groups in total. The third kappa shape index (κ3) is 3.76. The summed E-state index contributed by atoms with van der Waals surface area (Å²) in [5.41, 5.74) is 1.31. The van der Waals surface area contributed by atoms with Gasteiger partial charge in [0.05, 0.1) is 19.2 Å². The molecule has 3 aromatic rings. The first kappa shape index (κ1) is 19.9. The molecule has 1 heterocycles. The lowest BCUT2D eigenvalue weighted by Crippen LogP contribution is -2.27. The molecule has 0 atom stereocenters. The third-order valence-electron chi connectivity index (χ3n) is 4.81. The molecule has 1 aromatic heterocycles. The number of hydrogen-bond donors (Lipinski definition) is 1. The molecule has 0 amide bonds. The van der Waals surface area contributed by atoms with Crippen molar-refractivity contribution in [3.63, 3.8) is 0 Å². The first-order chi connectivity index (χ1) is 13.9. The number of nitriles is 1. The van der Waals surface area contributed by atoms with E-state index in [1.165, 1.54) is 6.92 Å². The van der Waals surface area contributed by atoms with Gasteiger partial charge in [0.2, 0.25) is 5.88 Å². The summed E-state index contributed by atoms with van der Waals surface area (Å²) in [6, 6.07) is 15.8. The minimum absolute atomic E-state index is 0.0116. The highest BCUT2D eigenvalue weighted by atomic mass is 16.5. The highest BCUT2D eigenvalue weighted by Gasteiger charge is 2.25. The molecule has 6 heteroatoms. The largest absolute Gasteiger partial charge is 0.497 e. The van der Waals surface area contributed by atoms with Crippen LogP contribution in [0.3, 0.4) is 0 Å². The maximum Gasteiger partial charge on any atom is 0.271 e. The average Bonchev–Trinajstić information content (AvgIpc) is 2.72. The summed E-state index contributed by atoms with van der Waals surface area (Å²) in [7, 11) is 1.55. The fraction of sp³-hybridized carbons (Fsp3) is 0.174. The minimum atomic E-state index is -0.640. The molecule has 0 aliphatic rings. The lowest BCUT2D eigenvalue weighted by molar-refractivity contribution is 0.103. The zero-order valence-electron chi connectivity index (χ0n) is 16.4. The van der Waals surface area contributed by atoms with Crippen molar-refractivity contribution in [3.8, 4) is 17.7 Å². The monoisotopic (exact) mass is 388 g/mol. The molecule has 0 unspecified atom stereocenters. The van der Waals surface area contributed by atoms with Crippen molar-refractivity contribution in [2.24, 2.45) is 0 Å². The number of carbonyl (C=O) groups excluding carboxylic acids is 1. The fourth-order valence-corrected chi connectivity index (χ4v) is 3.21. The van der Waals surface area contributed by atoms with Crippen molar-refractivity contribution < 1.29 is 14.6 Å². The van der Waals surface area contributed by atoms with Crippen molar-refractivity contribution in [1.29, 1.82) is 5.26 Å². The van der Waals surface area contributed by atoms with Gasteiger partial charge in [0.15, 0.2) is 5.78 Å². The Bertz CT molecular complexity index is 1190. The predicted octanol–water partition coefficient (Wildman–Crippen LogP) is 3.33. The van der Waals surface area contributed by atoms with Crippen molar-refractivity contribution in [1.82, 2.24) is 4.57 Å². The molecule has 146 valence electrons. The SMILES string of the molecule is COc1ccc(Cn2c(O)c(C(=O)c3cccc(C)c3)c(C)c(C#N)c2=O)cc1. The highest BCUT2D eigenvalue weighted by molar-refractivity contribution is 6.11. The lowest BCUT2D eigenvalue weighted by atomic mass is 9.96. The molecule has 0 saturated carbocycles. The molecule has 0 aliphatic carbocycles. The topological polar surface area (TPSA) is 92.3 Å². The Morgan fingerprint density at radius 3 is 2.45 bits per heavy atom. The van der Waals surface area contributed by atoms with E-state index in [9.17, 15) is 20.0 Å². The van der Waals surface area contributed by atoms with E-state index in [0.717, 1.165) is 10.1 Å². The van der Waals surface area contributed by atoms with Crippen LogP contribution in [0.2, 0.25) is 0 Å². The van der Waals surface area contributed by atoms with Crippen LogP contribution in [0.15, 0.2) is 53.3 Å². The number of pyridine rings is 1. The second kappa shape index (κ2) is 8.03. The van der Waals surface area contributed by atoms with Crippen LogP contribution in [0, 0.1) is 25.2 Å². The number of aromatic nitrogens is 1. The normalized spacial score (nSPS) is 10.4. The standard InChI is InChI=1S/C23H20N2O4/c1-14-5-4-6-17(11-14)21(26)20-15(2)19(12-24)22(27)25(23(20)28)13-16-7-9-18(29-3)10-8-16/h4-11,28H,13H2,1-3H3. The highest BCUT2D eigenvalue weighted by Crippen LogP contribution is 2.26. The van der Waals surface area contributed by atoms with Crippen LogP contribution in [-0.2, 0) is 6.54 Å². The van der Waals surface area contributed by atoms with E-state index < -0.39 is 17.2 Å². The van der Waals surface area contributed by atoms with Gasteiger partial charge in [0, 0.05) is 5.56 Å². The molecule has 2 aromatic carbocycles. The van der Waals surface area contributed by atoms with Crippen LogP contribution in [-0.4, -0.2) is 22.6 Å². The van der Waals surface area contributed by atoms with Gasteiger partial charge < -0.3 is 9.84 Å². The van der Waals surface area contributed by atoms with Crippen LogP contribution < -0.4 is 10.3 Å². The van der Waals surface area contributed by atoms with Gasteiger partial charge in [-0.3, -0.25) is 14.2 Å². The van der Waals surface area contributed by atoms with E-state index in [2.05, 4.69) is 0 Å². The molecule has 29 heavy (non-hydrogen) atoms. The number of ketones is 1. The zero-order valence-corrected chi connectivity index (χ0v) is 16.4. The van der Waals surface area contributed by atoms with E-state index in [1.54, 1.807) is 49.6 Å². The molecule has 0 saturated heterocycles. The Kier molecular flexibility index (Phi) is 5.51. The maximum absolute atomic E-state index is 13.1. The van der Waals surface area contributed by atoms with Crippen LogP contribution in [0.25, 0.3) is 0 Å². The van der Waals surface area contributed by atoms with Gasteiger partial charge in [0.25, 0.3) is 5.56 Å². The van der Waals surface area contributed by atoms with Gasteiger partial charge in [-0.15, -0.1) is 0 Å². The number of benzene rings is 2. The third-order valence-corrected chi connectivity index (χ3v) is 4.81. The van der Waals surface area contributed by atoms with Crippen molar-refractivity contribution in [2.45, 2.75) is 20.4 Å². The Balaban J connectivity index is 2.17. The molecule has 6 nitrogen and oxygen atoms in total. The molecule has 0 radical (unpaired) electrons. The maximum atomic E-state index is 13.1. The quantitative estimate of drug-likeness (QED) is 0.677. The Hall–Kier alpha value is -3.85. The predicted molar refractivity (Wildman–Crippen MR) is 109 cm³/mol. The zero-order chi connectivity index (χ0) is 21.1. The fourth-order valence-electron chi connectivity index (χ4n) is 3.21. The van der Waals surface area contributed by atoms with E-state index in [0.29, 0.717) is 16.9 Å². The number of nitrogens with zero attached hydrogens (tertiary/aromatic N) is 2. The van der Waals surface area contributed by atoms with E-state index in [1.807, 2.05) is 19.1 Å². The summed E-state index contributed by atoms with van der Waals surface area (Å²) >= 11 is 0. The number of aromatic hydroxyl groups is 1. The molecule has 0 aliphatic heterocycles. The second-order valence-electron chi connectivity index (χ2n) is 6.75. The van der Waals surface area contributed by atoms with Crippen molar-refractivity contribution >= 4 is 5.78 Å². The summed E-state index contributed by atoms with van der Waals surface area (Å²) in [5.74, 6) is -0.236. The molecule has 3 rings (SSSR count). The van der Waals surface area contributed by atoms with E-state index in [-0.39, 0.29) is 23.2 Å². The minimum Gasteiger partial charge on any atom is -0.497 e. The number of carbonyl (C=O) groups is 1. The van der Waals surface area contributed by atoms with Gasteiger partial charge in [-0.25, -0.2) is 0 Å². The van der Waals surface area contributed by atoms with Gasteiger partial charge in [-0.05, 0) is 43.2 Å². The number of ether oxygens (including phenoxy) is 1. The van der Waals surface area contributed by atoms with E-state index in [4.69, 9.17) is 4.74 Å². The van der Waals surface area contributed by atoms with Gasteiger partial charge in [0.1, 0.15) is 17.4 Å². The number of aryl methyl sites for hydroxylation is 1. The first-order valence-electron chi connectivity index (χ1n) is 8.98. The second-order valence-corrected chi connectivity index (χ2v) is 6.75. The number of hydrogen-bond acceptors (Lipinski definition) is 5. The summed E-state index contributed by atoms with van der Waals surface area (Å²) in [4.78, 5) is 25.9. The Morgan fingerprint density at radius 2 is 1.86 bits per heavy atom. The van der Waals surface area contributed by atoms with Crippen molar-refractivity contribution in [3.05, 3.63) is 92.3 Å². The summed E-state index contributed by atoms with van der Waals surface area (Å²) in [5, 5.41) is 20.3. The van der Waals surface area contributed by atoms with Gasteiger partial charge >= 0.3 is 0 Å². The molecule has 0 bridgehead atoms. The van der Waals surface area contributed by atoms with Crippen LogP contribution in [0.1, 0.15) is 38.2 Å². The average molecular weight is 388 g/mol. The molecule has 0 fully saturated rings. The molecule has 0 spiro atoms. The van der Waals surface area contributed by atoms with Gasteiger partial charge in [-0.2, -0.15) is 5.26 Å². The first-order valence-corrected chi connectivity index (χ1v) is 8.98. The van der Waals surface area contributed by atoms with Crippen LogP contribution in [0.4, 0.5) is 0 Å². The summed E-state index contributed by atoms with van der Waals surface area (Å²) in [6.45, 7) is 3.37. The van der Waals surface area contributed by atoms with Crippen LogP contribution >= 0.6 is 0 Å². The summed E-state index contributed by atoms with van der Waals surface area (Å²) in [6.07, 6.45) is 0. The van der Waals surface area contributed by atoms with Crippen LogP contribution in [0.5, 0.6) is 11.6 Å². The Morgan fingerprint density at radius 1 is 1.17 bits per heavy atom. The Labute approximate surface area is 168 Å². The van der Waals surface area contributed by atoms with Gasteiger partial charge in [-0.1, -0.05) is 35.9 Å². The summed E-state index contributed by atoms with van der Waals surface area (Å²) < 4.78 is 6.17. The molecular weight excluding hydrogens is 368 g/mol. The molecular formula is C23H20N2O4. The number of methoxy groups -OCH3 is 1. The number of rotatable bonds is 5. The smallest absolute Gasteiger partial charge is 0.271 e.